The summed E-state index contributed by atoms with van der Waals surface area (Å²) < 4.78 is 10.9. The van der Waals surface area contributed by atoms with Crippen LogP contribution >= 0.6 is 0 Å². The van der Waals surface area contributed by atoms with Gasteiger partial charge in [-0.15, -0.1) is 0 Å². The topological polar surface area (TPSA) is 42.2 Å². The van der Waals surface area contributed by atoms with Crippen molar-refractivity contribution < 1.29 is 9.47 Å². The predicted octanol–water partition coefficient (Wildman–Crippen LogP) is 2.12. The maximum atomic E-state index is 9.08. The van der Waals surface area contributed by atoms with Crippen LogP contribution < -0.4 is 0 Å². The first-order valence-corrected chi connectivity index (χ1v) is 5.31. The van der Waals surface area contributed by atoms with Crippen LogP contribution in [0.1, 0.15) is 33.1 Å². The van der Waals surface area contributed by atoms with Crippen molar-refractivity contribution >= 4 is 0 Å². The van der Waals surface area contributed by atoms with Crippen molar-refractivity contribution in [2.24, 2.45) is 5.92 Å². The molecule has 0 atom stereocenters. The second kappa shape index (κ2) is 5.33. The van der Waals surface area contributed by atoms with E-state index in [4.69, 9.17) is 14.7 Å². The summed E-state index contributed by atoms with van der Waals surface area (Å²) in [4.78, 5) is 0. The van der Waals surface area contributed by atoms with Crippen LogP contribution in [0.25, 0.3) is 0 Å². The molecule has 0 bridgehead atoms. The van der Waals surface area contributed by atoms with E-state index in [9.17, 15) is 0 Å². The van der Waals surface area contributed by atoms with Gasteiger partial charge < -0.3 is 9.47 Å². The number of rotatable bonds is 4. The molecule has 0 aromatic heterocycles. The zero-order chi connectivity index (χ0) is 10.4. The maximum Gasteiger partial charge on any atom is 0.158 e. The molecule has 1 aliphatic heterocycles. The van der Waals surface area contributed by atoms with Gasteiger partial charge in [-0.3, -0.25) is 0 Å². The molecule has 3 nitrogen and oxygen atoms in total. The molecule has 3 heteroatoms. The van der Waals surface area contributed by atoms with E-state index < -0.39 is 5.60 Å². The summed E-state index contributed by atoms with van der Waals surface area (Å²) in [6.07, 6.45) is 2.44. The van der Waals surface area contributed by atoms with E-state index in [0.29, 0.717) is 38.6 Å². The number of hydrogen-bond donors (Lipinski definition) is 0. The van der Waals surface area contributed by atoms with Crippen LogP contribution in [-0.4, -0.2) is 25.4 Å². The zero-order valence-corrected chi connectivity index (χ0v) is 9.08. The Labute approximate surface area is 86.0 Å². The fourth-order valence-electron chi connectivity index (χ4n) is 1.48. The maximum absolute atomic E-state index is 9.08. The summed E-state index contributed by atoms with van der Waals surface area (Å²) in [6, 6.07) is 2.29. The third-order valence-electron chi connectivity index (χ3n) is 2.58. The Hall–Kier alpha value is -0.590. The number of hydrogen-bond acceptors (Lipinski definition) is 3. The zero-order valence-electron chi connectivity index (χ0n) is 9.08. The highest BCUT2D eigenvalue weighted by Gasteiger charge is 2.33. The predicted molar refractivity (Wildman–Crippen MR) is 53.8 cm³/mol. The van der Waals surface area contributed by atoms with Crippen molar-refractivity contribution in [2.75, 3.05) is 19.8 Å². The van der Waals surface area contributed by atoms with E-state index in [0.717, 1.165) is 6.42 Å². The normalized spacial score (nSPS) is 20.7. The average molecular weight is 197 g/mol. The minimum atomic E-state index is -0.562. The quantitative estimate of drug-likeness (QED) is 0.693. The second-order valence-electron chi connectivity index (χ2n) is 4.25. The van der Waals surface area contributed by atoms with Gasteiger partial charge in [0.2, 0.25) is 0 Å². The summed E-state index contributed by atoms with van der Waals surface area (Å²) in [6.45, 7) is 6.30. The Morgan fingerprint density at radius 3 is 2.57 bits per heavy atom. The Morgan fingerprint density at radius 2 is 2.07 bits per heavy atom. The van der Waals surface area contributed by atoms with E-state index in [-0.39, 0.29) is 0 Å². The van der Waals surface area contributed by atoms with Crippen LogP contribution in [0.3, 0.4) is 0 Å². The molecule has 0 amide bonds. The third-order valence-corrected chi connectivity index (χ3v) is 2.58. The second-order valence-corrected chi connectivity index (χ2v) is 4.25. The molecule has 1 aliphatic rings. The van der Waals surface area contributed by atoms with E-state index in [1.54, 1.807) is 0 Å². The van der Waals surface area contributed by atoms with Gasteiger partial charge in [0, 0.05) is 19.4 Å². The van der Waals surface area contributed by atoms with Crippen LogP contribution in [-0.2, 0) is 9.47 Å². The standard InChI is InChI=1S/C11H19NO2/c1-10(2)3-6-14-11(9-12)4-7-13-8-5-11/h10H,3-8H2,1-2H3. The highest BCUT2D eigenvalue weighted by atomic mass is 16.5. The van der Waals surface area contributed by atoms with E-state index >= 15 is 0 Å². The Kier molecular flexibility index (Phi) is 4.37. The monoisotopic (exact) mass is 197 g/mol. The number of nitriles is 1. The molecule has 0 N–H and O–H groups in total. The minimum absolute atomic E-state index is 0.562. The van der Waals surface area contributed by atoms with Crippen LogP contribution in [0.5, 0.6) is 0 Å². The Bertz CT molecular complexity index is 202. The molecule has 0 spiro atoms. The lowest BCUT2D eigenvalue weighted by Crippen LogP contribution is -2.38. The average Bonchev–Trinajstić information content (AvgIpc) is 2.19. The van der Waals surface area contributed by atoms with Crippen molar-refractivity contribution in [3.63, 3.8) is 0 Å². The van der Waals surface area contributed by atoms with Crippen molar-refractivity contribution in [3.8, 4) is 6.07 Å². The van der Waals surface area contributed by atoms with E-state index in [1.165, 1.54) is 0 Å². The molecule has 0 saturated carbocycles. The van der Waals surface area contributed by atoms with Crippen LogP contribution in [0.2, 0.25) is 0 Å². The molecule has 0 aromatic rings. The van der Waals surface area contributed by atoms with Gasteiger partial charge in [-0.05, 0) is 12.3 Å². The van der Waals surface area contributed by atoms with Gasteiger partial charge in [-0.2, -0.15) is 5.26 Å². The number of nitrogens with zero attached hydrogens (tertiary/aromatic N) is 1. The van der Waals surface area contributed by atoms with E-state index in [1.807, 2.05) is 0 Å². The van der Waals surface area contributed by atoms with Gasteiger partial charge in [0.05, 0.1) is 19.3 Å². The molecular formula is C11H19NO2. The minimum Gasteiger partial charge on any atom is -0.381 e. The Morgan fingerprint density at radius 1 is 1.43 bits per heavy atom. The van der Waals surface area contributed by atoms with Crippen LogP contribution in [0, 0.1) is 17.2 Å². The van der Waals surface area contributed by atoms with Gasteiger partial charge in [-0.1, -0.05) is 13.8 Å². The molecule has 0 radical (unpaired) electrons. The van der Waals surface area contributed by atoms with Crippen LogP contribution in [0.15, 0.2) is 0 Å². The summed E-state index contributed by atoms with van der Waals surface area (Å²) >= 11 is 0. The lowest BCUT2D eigenvalue weighted by atomic mass is 9.96. The molecule has 1 fully saturated rings. The first-order chi connectivity index (χ1) is 6.68. The first-order valence-electron chi connectivity index (χ1n) is 5.31. The lowest BCUT2D eigenvalue weighted by Gasteiger charge is -2.30. The summed E-state index contributed by atoms with van der Waals surface area (Å²) in [7, 11) is 0. The molecule has 14 heavy (non-hydrogen) atoms. The third kappa shape index (κ3) is 3.28. The van der Waals surface area contributed by atoms with Crippen LogP contribution in [0.4, 0.5) is 0 Å². The fourth-order valence-corrected chi connectivity index (χ4v) is 1.48. The highest BCUT2D eigenvalue weighted by molar-refractivity contribution is 5.03. The molecule has 1 heterocycles. The molecule has 1 saturated heterocycles. The Balaban J connectivity index is 2.34. The van der Waals surface area contributed by atoms with Gasteiger partial charge in [0.15, 0.2) is 5.60 Å². The summed E-state index contributed by atoms with van der Waals surface area (Å²) in [5.41, 5.74) is -0.562. The molecule has 0 aliphatic carbocycles. The highest BCUT2D eigenvalue weighted by Crippen LogP contribution is 2.24. The fraction of sp³-hybridized carbons (Fsp3) is 0.909. The summed E-state index contributed by atoms with van der Waals surface area (Å²) in [5, 5.41) is 9.08. The molecule has 1 rings (SSSR count). The molecule has 0 unspecified atom stereocenters. The number of ether oxygens (including phenoxy) is 2. The first kappa shape index (κ1) is 11.5. The molecular weight excluding hydrogens is 178 g/mol. The van der Waals surface area contributed by atoms with Crippen molar-refractivity contribution in [1.29, 1.82) is 5.26 Å². The smallest absolute Gasteiger partial charge is 0.158 e. The van der Waals surface area contributed by atoms with Crippen molar-refractivity contribution in [1.82, 2.24) is 0 Å². The summed E-state index contributed by atoms with van der Waals surface area (Å²) in [5.74, 6) is 0.630. The lowest BCUT2D eigenvalue weighted by molar-refractivity contribution is -0.0780. The van der Waals surface area contributed by atoms with Gasteiger partial charge in [-0.25, -0.2) is 0 Å². The van der Waals surface area contributed by atoms with Gasteiger partial charge >= 0.3 is 0 Å². The molecule has 80 valence electrons. The molecule has 0 aromatic carbocycles. The van der Waals surface area contributed by atoms with E-state index in [2.05, 4.69) is 19.9 Å². The van der Waals surface area contributed by atoms with Gasteiger partial charge in [0.1, 0.15) is 0 Å². The van der Waals surface area contributed by atoms with Gasteiger partial charge in [0.25, 0.3) is 0 Å². The van der Waals surface area contributed by atoms with Crippen molar-refractivity contribution in [3.05, 3.63) is 0 Å². The van der Waals surface area contributed by atoms with Crippen molar-refractivity contribution in [2.45, 2.75) is 38.7 Å². The SMILES string of the molecule is CC(C)CCOC1(C#N)CCOCC1. The largest absolute Gasteiger partial charge is 0.381 e.